The molecule has 2 fully saturated rings. The van der Waals surface area contributed by atoms with Gasteiger partial charge in [0.1, 0.15) is 5.82 Å². The quantitative estimate of drug-likeness (QED) is 0.926. The molecular weight excluding hydrogens is 267 g/mol. The number of hydrogen-bond donors (Lipinski definition) is 1. The smallest absolute Gasteiger partial charge is 0.126 e. The van der Waals surface area contributed by atoms with Crippen LogP contribution in [0.4, 0.5) is 4.39 Å². The van der Waals surface area contributed by atoms with E-state index < -0.39 is 0 Å². The van der Waals surface area contributed by atoms with Crippen molar-refractivity contribution in [2.24, 2.45) is 5.73 Å². The SMILES string of the molecule is CC(CN)(Cc1ccccc1F)N1CCOC2CCCC21. The second-order valence-corrected chi connectivity index (χ2v) is 6.57. The van der Waals surface area contributed by atoms with Crippen molar-refractivity contribution in [1.82, 2.24) is 4.90 Å². The van der Waals surface area contributed by atoms with Gasteiger partial charge in [-0.15, -0.1) is 0 Å². The normalized spacial score (nSPS) is 29.1. The maximum absolute atomic E-state index is 14.0. The largest absolute Gasteiger partial charge is 0.375 e. The molecule has 0 spiro atoms. The van der Waals surface area contributed by atoms with Gasteiger partial charge in [0.2, 0.25) is 0 Å². The molecule has 1 aliphatic heterocycles. The predicted octanol–water partition coefficient (Wildman–Crippen LogP) is 2.34. The van der Waals surface area contributed by atoms with E-state index in [1.807, 2.05) is 12.1 Å². The van der Waals surface area contributed by atoms with Crippen LogP contribution in [0.1, 0.15) is 31.7 Å². The van der Waals surface area contributed by atoms with Crippen LogP contribution in [0, 0.1) is 5.82 Å². The summed E-state index contributed by atoms with van der Waals surface area (Å²) in [4.78, 5) is 2.49. The minimum atomic E-state index is -0.209. The first kappa shape index (κ1) is 14.9. The van der Waals surface area contributed by atoms with Gasteiger partial charge < -0.3 is 10.5 Å². The lowest BCUT2D eigenvalue weighted by Gasteiger charge is -2.49. The van der Waals surface area contributed by atoms with E-state index in [0.29, 0.717) is 25.1 Å². The number of halogens is 1. The van der Waals surface area contributed by atoms with Crippen LogP contribution in [-0.2, 0) is 11.2 Å². The van der Waals surface area contributed by atoms with Crippen molar-refractivity contribution in [3.05, 3.63) is 35.6 Å². The van der Waals surface area contributed by atoms with Crippen molar-refractivity contribution in [2.75, 3.05) is 19.7 Å². The lowest BCUT2D eigenvalue weighted by Crippen LogP contribution is -2.62. The van der Waals surface area contributed by atoms with Crippen molar-refractivity contribution in [3.63, 3.8) is 0 Å². The van der Waals surface area contributed by atoms with E-state index in [2.05, 4.69) is 11.8 Å². The highest BCUT2D eigenvalue weighted by Gasteiger charge is 2.43. The molecule has 1 saturated carbocycles. The lowest BCUT2D eigenvalue weighted by atomic mass is 9.88. The Bertz CT molecular complexity index is 495. The number of nitrogens with two attached hydrogens (primary N) is 1. The molecule has 1 saturated heterocycles. The Kier molecular flexibility index (Phi) is 4.29. The number of morpholine rings is 1. The van der Waals surface area contributed by atoms with Crippen LogP contribution < -0.4 is 5.73 Å². The maximum atomic E-state index is 14.0. The monoisotopic (exact) mass is 292 g/mol. The van der Waals surface area contributed by atoms with Crippen molar-refractivity contribution in [3.8, 4) is 0 Å². The highest BCUT2D eigenvalue weighted by Crippen LogP contribution is 2.35. The van der Waals surface area contributed by atoms with Gasteiger partial charge in [0.25, 0.3) is 0 Å². The topological polar surface area (TPSA) is 38.5 Å². The summed E-state index contributed by atoms with van der Waals surface area (Å²) in [5, 5.41) is 0. The van der Waals surface area contributed by atoms with Crippen LogP contribution in [0.2, 0.25) is 0 Å². The molecule has 3 rings (SSSR count). The van der Waals surface area contributed by atoms with Crippen LogP contribution >= 0.6 is 0 Å². The van der Waals surface area contributed by atoms with Crippen LogP contribution in [0.25, 0.3) is 0 Å². The van der Waals surface area contributed by atoms with Gasteiger partial charge in [-0.1, -0.05) is 18.2 Å². The van der Waals surface area contributed by atoms with Gasteiger partial charge >= 0.3 is 0 Å². The number of ether oxygens (including phenoxy) is 1. The third kappa shape index (κ3) is 2.85. The van der Waals surface area contributed by atoms with Crippen molar-refractivity contribution in [1.29, 1.82) is 0 Å². The predicted molar refractivity (Wildman–Crippen MR) is 81.6 cm³/mol. The van der Waals surface area contributed by atoms with Crippen LogP contribution in [0.5, 0.6) is 0 Å². The third-order valence-electron chi connectivity index (χ3n) is 5.14. The summed E-state index contributed by atoms with van der Waals surface area (Å²) in [5.74, 6) is -0.131. The van der Waals surface area contributed by atoms with Crippen molar-refractivity contribution in [2.45, 2.75) is 50.3 Å². The van der Waals surface area contributed by atoms with E-state index in [0.717, 1.165) is 31.6 Å². The Balaban J connectivity index is 1.83. The van der Waals surface area contributed by atoms with E-state index >= 15 is 0 Å². The first-order chi connectivity index (χ1) is 10.1. The highest BCUT2D eigenvalue weighted by atomic mass is 19.1. The van der Waals surface area contributed by atoms with Crippen LogP contribution in [-0.4, -0.2) is 42.3 Å². The summed E-state index contributed by atoms with van der Waals surface area (Å²) in [6.07, 6.45) is 4.51. The fourth-order valence-electron chi connectivity index (χ4n) is 3.94. The molecule has 3 atom stereocenters. The Morgan fingerprint density at radius 2 is 2.19 bits per heavy atom. The number of nitrogens with zero attached hydrogens (tertiary/aromatic N) is 1. The molecule has 3 unspecified atom stereocenters. The number of benzene rings is 1. The van der Waals surface area contributed by atoms with Crippen molar-refractivity contribution < 1.29 is 9.13 Å². The fraction of sp³-hybridized carbons (Fsp3) is 0.647. The number of fused-ring (bicyclic) bond motifs is 1. The fourth-order valence-corrected chi connectivity index (χ4v) is 3.94. The van der Waals surface area contributed by atoms with E-state index in [4.69, 9.17) is 10.5 Å². The zero-order valence-electron chi connectivity index (χ0n) is 12.7. The summed E-state index contributed by atoms with van der Waals surface area (Å²) in [6, 6.07) is 7.48. The molecule has 1 aromatic rings. The summed E-state index contributed by atoms with van der Waals surface area (Å²) >= 11 is 0. The van der Waals surface area contributed by atoms with Gasteiger partial charge in [-0.25, -0.2) is 4.39 Å². The minimum absolute atomic E-state index is 0.131. The van der Waals surface area contributed by atoms with E-state index in [1.165, 1.54) is 12.5 Å². The number of rotatable bonds is 4. The number of hydrogen-bond acceptors (Lipinski definition) is 3. The Labute approximate surface area is 126 Å². The molecule has 21 heavy (non-hydrogen) atoms. The standard InChI is InChI=1S/C17H25FN2O/c1-17(12-19,11-13-5-2-3-6-14(13)18)20-9-10-21-16-8-4-7-15(16)20/h2-3,5-6,15-16H,4,7-12,19H2,1H3. The minimum Gasteiger partial charge on any atom is -0.375 e. The van der Waals surface area contributed by atoms with E-state index in [9.17, 15) is 4.39 Å². The highest BCUT2D eigenvalue weighted by molar-refractivity contribution is 5.20. The summed E-state index contributed by atoms with van der Waals surface area (Å²) in [7, 11) is 0. The zero-order chi connectivity index (χ0) is 14.9. The molecule has 116 valence electrons. The van der Waals surface area contributed by atoms with Gasteiger partial charge in [-0.05, 0) is 44.2 Å². The van der Waals surface area contributed by atoms with Gasteiger partial charge in [0.15, 0.2) is 0 Å². The summed E-state index contributed by atoms with van der Waals surface area (Å²) in [5.41, 5.74) is 6.66. The third-order valence-corrected chi connectivity index (χ3v) is 5.14. The molecule has 0 bridgehead atoms. The molecule has 1 aliphatic carbocycles. The Hall–Kier alpha value is -0.970. The van der Waals surface area contributed by atoms with Gasteiger partial charge in [0, 0.05) is 24.7 Å². The molecule has 0 amide bonds. The van der Waals surface area contributed by atoms with E-state index in [1.54, 1.807) is 6.07 Å². The lowest BCUT2D eigenvalue weighted by molar-refractivity contribution is -0.0933. The molecule has 0 radical (unpaired) electrons. The first-order valence-electron chi connectivity index (χ1n) is 7.96. The molecule has 3 nitrogen and oxygen atoms in total. The average Bonchev–Trinajstić information content (AvgIpc) is 2.98. The molecule has 0 aromatic heterocycles. The molecule has 4 heteroatoms. The van der Waals surface area contributed by atoms with E-state index in [-0.39, 0.29) is 11.4 Å². The van der Waals surface area contributed by atoms with Gasteiger partial charge in [-0.3, -0.25) is 4.90 Å². The summed E-state index contributed by atoms with van der Waals surface area (Å²) in [6.45, 7) is 4.35. The zero-order valence-corrected chi connectivity index (χ0v) is 12.7. The van der Waals surface area contributed by atoms with Crippen LogP contribution in [0.3, 0.4) is 0 Å². The molecule has 2 aliphatic rings. The Morgan fingerprint density at radius 3 is 2.95 bits per heavy atom. The van der Waals surface area contributed by atoms with Crippen molar-refractivity contribution >= 4 is 0 Å². The molecule has 2 N–H and O–H groups in total. The Morgan fingerprint density at radius 1 is 1.38 bits per heavy atom. The second-order valence-electron chi connectivity index (χ2n) is 6.57. The molecular formula is C17H25FN2O. The van der Waals surface area contributed by atoms with Gasteiger partial charge in [0.05, 0.1) is 12.7 Å². The van der Waals surface area contributed by atoms with Gasteiger partial charge in [-0.2, -0.15) is 0 Å². The first-order valence-corrected chi connectivity index (χ1v) is 7.96. The molecule has 1 heterocycles. The average molecular weight is 292 g/mol. The second kappa shape index (κ2) is 6.03. The van der Waals surface area contributed by atoms with Crippen LogP contribution in [0.15, 0.2) is 24.3 Å². The molecule has 1 aromatic carbocycles. The summed E-state index contributed by atoms with van der Waals surface area (Å²) < 4.78 is 19.9. The maximum Gasteiger partial charge on any atom is 0.126 e.